The van der Waals surface area contributed by atoms with Gasteiger partial charge in [-0.2, -0.15) is 0 Å². The first-order valence-corrected chi connectivity index (χ1v) is 6.55. The van der Waals surface area contributed by atoms with Gasteiger partial charge in [-0.3, -0.25) is 4.79 Å². The standard InChI is InChI=1S/C15H18O3/c1-8(16)4-13-12-6-10(3)17-14(12)7-11-5-9(2)18-15(11)13/h7,9-10H,4-6H2,1-3H3. The first-order valence-electron chi connectivity index (χ1n) is 6.55. The van der Waals surface area contributed by atoms with Crippen LogP contribution in [0, 0.1) is 0 Å². The molecule has 3 rings (SSSR count). The molecular weight excluding hydrogens is 228 g/mol. The van der Waals surface area contributed by atoms with Crippen LogP contribution in [0.25, 0.3) is 0 Å². The lowest BCUT2D eigenvalue weighted by Gasteiger charge is -2.12. The number of benzene rings is 1. The molecule has 0 aromatic heterocycles. The normalized spacial score (nSPS) is 24.2. The smallest absolute Gasteiger partial charge is 0.134 e. The lowest BCUT2D eigenvalue weighted by molar-refractivity contribution is -0.116. The third-order valence-electron chi connectivity index (χ3n) is 3.60. The zero-order valence-corrected chi connectivity index (χ0v) is 11.1. The second kappa shape index (κ2) is 4.01. The van der Waals surface area contributed by atoms with Gasteiger partial charge in [0.1, 0.15) is 29.5 Å². The van der Waals surface area contributed by atoms with E-state index < -0.39 is 0 Å². The first-order chi connectivity index (χ1) is 8.54. The quantitative estimate of drug-likeness (QED) is 0.804. The van der Waals surface area contributed by atoms with E-state index in [1.54, 1.807) is 6.92 Å². The summed E-state index contributed by atoms with van der Waals surface area (Å²) in [7, 11) is 0. The van der Waals surface area contributed by atoms with Gasteiger partial charge in [0.05, 0.1) is 0 Å². The van der Waals surface area contributed by atoms with E-state index in [1.165, 1.54) is 11.1 Å². The van der Waals surface area contributed by atoms with Crippen molar-refractivity contribution in [1.29, 1.82) is 0 Å². The van der Waals surface area contributed by atoms with E-state index in [1.807, 2.05) is 0 Å². The molecule has 2 atom stereocenters. The number of ketones is 1. The van der Waals surface area contributed by atoms with Crippen molar-refractivity contribution in [2.24, 2.45) is 0 Å². The predicted molar refractivity (Wildman–Crippen MR) is 68.4 cm³/mol. The number of Topliss-reactive ketones (excluding diaryl/α,β-unsaturated/α-hetero) is 1. The Morgan fingerprint density at radius 1 is 1.28 bits per heavy atom. The molecule has 1 aromatic rings. The van der Waals surface area contributed by atoms with Crippen molar-refractivity contribution in [1.82, 2.24) is 0 Å². The molecular formula is C15H18O3. The molecule has 0 spiro atoms. The molecule has 0 saturated heterocycles. The van der Waals surface area contributed by atoms with Crippen LogP contribution in [0.5, 0.6) is 11.5 Å². The van der Waals surface area contributed by atoms with Gasteiger partial charge in [-0.1, -0.05) is 0 Å². The van der Waals surface area contributed by atoms with Gasteiger partial charge in [-0.15, -0.1) is 0 Å². The molecule has 2 aliphatic rings. The fraction of sp³-hybridized carbons (Fsp3) is 0.533. The Labute approximate surface area is 107 Å². The molecule has 18 heavy (non-hydrogen) atoms. The number of carbonyl (C=O) groups is 1. The van der Waals surface area contributed by atoms with Gasteiger partial charge in [0.15, 0.2) is 0 Å². The zero-order chi connectivity index (χ0) is 12.9. The van der Waals surface area contributed by atoms with E-state index in [4.69, 9.17) is 9.47 Å². The van der Waals surface area contributed by atoms with Crippen LogP contribution in [-0.4, -0.2) is 18.0 Å². The van der Waals surface area contributed by atoms with Crippen molar-refractivity contribution in [3.63, 3.8) is 0 Å². The molecule has 96 valence electrons. The van der Waals surface area contributed by atoms with E-state index in [9.17, 15) is 4.79 Å². The molecule has 0 fully saturated rings. The Hall–Kier alpha value is -1.51. The largest absolute Gasteiger partial charge is 0.490 e. The van der Waals surface area contributed by atoms with Crippen LogP contribution in [0.3, 0.4) is 0 Å². The summed E-state index contributed by atoms with van der Waals surface area (Å²) in [6.45, 7) is 5.75. The third kappa shape index (κ3) is 1.78. The molecule has 2 aliphatic heterocycles. The number of rotatable bonds is 2. The highest BCUT2D eigenvalue weighted by Crippen LogP contribution is 2.43. The molecule has 0 radical (unpaired) electrons. The van der Waals surface area contributed by atoms with Crippen molar-refractivity contribution in [3.8, 4) is 11.5 Å². The number of carbonyl (C=O) groups excluding carboxylic acids is 1. The van der Waals surface area contributed by atoms with Gasteiger partial charge in [0.25, 0.3) is 0 Å². The monoisotopic (exact) mass is 246 g/mol. The summed E-state index contributed by atoms with van der Waals surface area (Å²) in [6.07, 6.45) is 2.64. The minimum absolute atomic E-state index is 0.174. The third-order valence-corrected chi connectivity index (χ3v) is 3.60. The number of fused-ring (bicyclic) bond motifs is 2. The second-order valence-corrected chi connectivity index (χ2v) is 5.46. The molecule has 0 N–H and O–H groups in total. The molecule has 1 aromatic carbocycles. The summed E-state index contributed by atoms with van der Waals surface area (Å²) in [5.74, 6) is 2.07. The van der Waals surface area contributed by atoms with Crippen LogP contribution >= 0.6 is 0 Å². The topological polar surface area (TPSA) is 35.5 Å². The molecule has 0 bridgehead atoms. The van der Waals surface area contributed by atoms with Crippen LogP contribution < -0.4 is 9.47 Å². The van der Waals surface area contributed by atoms with Gasteiger partial charge in [0.2, 0.25) is 0 Å². The Kier molecular flexibility index (Phi) is 2.58. The van der Waals surface area contributed by atoms with Gasteiger partial charge in [-0.25, -0.2) is 0 Å². The highest BCUT2D eigenvalue weighted by Gasteiger charge is 2.31. The summed E-state index contributed by atoms with van der Waals surface area (Å²) < 4.78 is 11.7. The van der Waals surface area contributed by atoms with Gasteiger partial charge in [-0.05, 0) is 26.8 Å². The van der Waals surface area contributed by atoms with Crippen LogP contribution in [-0.2, 0) is 24.1 Å². The summed E-state index contributed by atoms with van der Waals surface area (Å²) in [5.41, 5.74) is 3.42. The van der Waals surface area contributed by atoms with Crippen molar-refractivity contribution in [2.75, 3.05) is 0 Å². The average molecular weight is 246 g/mol. The number of hydrogen-bond donors (Lipinski definition) is 0. The highest BCUT2D eigenvalue weighted by molar-refractivity contribution is 5.80. The predicted octanol–water partition coefficient (Wildman–Crippen LogP) is 2.46. The van der Waals surface area contributed by atoms with E-state index in [-0.39, 0.29) is 18.0 Å². The maximum atomic E-state index is 11.5. The zero-order valence-electron chi connectivity index (χ0n) is 11.1. The van der Waals surface area contributed by atoms with Crippen molar-refractivity contribution in [2.45, 2.75) is 52.2 Å². The summed E-state index contributed by atoms with van der Waals surface area (Å²) in [6, 6.07) is 2.10. The summed E-state index contributed by atoms with van der Waals surface area (Å²) >= 11 is 0. The SMILES string of the molecule is CC(=O)Cc1c2c(cc3c1OC(C)C3)OC(C)C2. The van der Waals surface area contributed by atoms with Gasteiger partial charge in [0, 0.05) is 36.0 Å². The molecule has 0 amide bonds. The fourth-order valence-electron chi connectivity index (χ4n) is 2.95. The number of ether oxygens (including phenoxy) is 2. The molecule has 3 nitrogen and oxygen atoms in total. The van der Waals surface area contributed by atoms with Crippen molar-refractivity contribution < 1.29 is 14.3 Å². The molecule has 2 heterocycles. The van der Waals surface area contributed by atoms with Crippen LogP contribution in [0.15, 0.2) is 6.07 Å². The van der Waals surface area contributed by atoms with Crippen LogP contribution in [0.4, 0.5) is 0 Å². The lowest BCUT2D eigenvalue weighted by atomic mass is 9.95. The van der Waals surface area contributed by atoms with Crippen molar-refractivity contribution >= 4 is 5.78 Å². The molecule has 3 heteroatoms. The lowest BCUT2D eigenvalue weighted by Crippen LogP contribution is -2.09. The maximum Gasteiger partial charge on any atom is 0.134 e. The van der Waals surface area contributed by atoms with Gasteiger partial charge < -0.3 is 9.47 Å². The minimum atomic E-state index is 0.174. The van der Waals surface area contributed by atoms with E-state index in [2.05, 4.69) is 19.9 Å². The molecule has 0 aliphatic carbocycles. The van der Waals surface area contributed by atoms with Crippen LogP contribution in [0.1, 0.15) is 37.5 Å². The molecule has 0 saturated carbocycles. The second-order valence-electron chi connectivity index (χ2n) is 5.46. The van der Waals surface area contributed by atoms with E-state index >= 15 is 0 Å². The Morgan fingerprint density at radius 3 is 2.72 bits per heavy atom. The molecule has 2 unspecified atom stereocenters. The average Bonchev–Trinajstić information content (AvgIpc) is 2.79. The van der Waals surface area contributed by atoms with Crippen molar-refractivity contribution in [3.05, 3.63) is 22.8 Å². The van der Waals surface area contributed by atoms with E-state index in [0.29, 0.717) is 6.42 Å². The Balaban J connectivity index is 2.12. The Morgan fingerprint density at radius 2 is 2.00 bits per heavy atom. The first kappa shape index (κ1) is 11.6. The van der Waals surface area contributed by atoms with E-state index in [0.717, 1.165) is 29.9 Å². The summed E-state index contributed by atoms with van der Waals surface area (Å²) in [5, 5.41) is 0. The van der Waals surface area contributed by atoms with Gasteiger partial charge >= 0.3 is 0 Å². The maximum absolute atomic E-state index is 11.5. The summed E-state index contributed by atoms with van der Waals surface area (Å²) in [4.78, 5) is 11.5. The number of hydrogen-bond acceptors (Lipinski definition) is 3. The minimum Gasteiger partial charge on any atom is -0.490 e. The Bertz CT molecular complexity index is 483. The highest BCUT2D eigenvalue weighted by atomic mass is 16.5. The fourth-order valence-corrected chi connectivity index (χ4v) is 2.95. The van der Waals surface area contributed by atoms with Crippen LogP contribution in [0.2, 0.25) is 0 Å².